The molecule has 1 heterocycles. The second-order valence-electron chi connectivity index (χ2n) is 6.59. The van der Waals surface area contributed by atoms with Crippen molar-refractivity contribution in [2.24, 2.45) is 5.92 Å². The van der Waals surface area contributed by atoms with Crippen LogP contribution in [0, 0.1) is 5.92 Å². The zero-order valence-corrected chi connectivity index (χ0v) is 17.1. The minimum atomic E-state index is -3.72. The second kappa shape index (κ2) is 8.62. The van der Waals surface area contributed by atoms with Crippen molar-refractivity contribution in [3.8, 4) is 0 Å². The molecule has 0 saturated carbocycles. The van der Waals surface area contributed by atoms with Gasteiger partial charge in [-0.25, -0.2) is 0 Å². The fourth-order valence-corrected chi connectivity index (χ4v) is 4.78. The first kappa shape index (κ1) is 20.4. The summed E-state index contributed by atoms with van der Waals surface area (Å²) in [4.78, 5) is 11.8. The van der Waals surface area contributed by atoms with E-state index < -0.39 is 22.2 Å². The first-order valence-corrected chi connectivity index (χ1v) is 10.6. The van der Waals surface area contributed by atoms with Gasteiger partial charge in [-0.1, -0.05) is 41.9 Å². The number of rotatable bonds is 6. The molecule has 1 fully saturated rings. The summed E-state index contributed by atoms with van der Waals surface area (Å²) in [5.41, 5.74) is 1.22. The summed E-state index contributed by atoms with van der Waals surface area (Å²) in [6.07, 6.45) is 1.51. The minimum Gasteiger partial charge on any atom is -0.468 e. The molecule has 1 N–H and O–H groups in total. The topological polar surface area (TPSA) is 75.7 Å². The molecule has 0 aromatic heterocycles. The van der Waals surface area contributed by atoms with E-state index in [2.05, 4.69) is 32.8 Å². The number of esters is 1. The van der Waals surface area contributed by atoms with Gasteiger partial charge in [0.25, 0.3) is 10.2 Å². The van der Waals surface area contributed by atoms with Gasteiger partial charge in [0.05, 0.1) is 7.11 Å². The molecule has 1 aliphatic rings. The monoisotopic (exact) mass is 432 g/mol. The van der Waals surface area contributed by atoms with E-state index in [4.69, 9.17) is 4.74 Å². The van der Waals surface area contributed by atoms with Crippen LogP contribution in [0.2, 0.25) is 0 Å². The summed E-state index contributed by atoms with van der Waals surface area (Å²) >= 11 is 3.42. The van der Waals surface area contributed by atoms with E-state index in [0.29, 0.717) is 19.0 Å². The number of hydrogen-bond acceptors (Lipinski definition) is 4. The van der Waals surface area contributed by atoms with E-state index in [0.717, 1.165) is 17.3 Å². The number of halogens is 1. The Balaban J connectivity index is 2.00. The Bertz CT molecular complexity index is 683. The lowest BCUT2D eigenvalue weighted by molar-refractivity contribution is -0.143. The average molecular weight is 433 g/mol. The summed E-state index contributed by atoms with van der Waals surface area (Å²) in [6, 6.07) is 7.28. The highest BCUT2D eigenvalue weighted by molar-refractivity contribution is 9.10. The fourth-order valence-electron chi connectivity index (χ4n) is 2.98. The third-order valence-corrected chi connectivity index (χ3v) is 6.66. The predicted molar refractivity (Wildman–Crippen MR) is 100 cm³/mol. The van der Waals surface area contributed by atoms with Crippen molar-refractivity contribution in [3.63, 3.8) is 0 Å². The normalized spacial score (nSPS) is 18.3. The molecule has 2 rings (SSSR count). The van der Waals surface area contributed by atoms with E-state index in [1.807, 2.05) is 12.1 Å². The Morgan fingerprint density at radius 3 is 2.28 bits per heavy atom. The molecule has 0 aliphatic carbocycles. The van der Waals surface area contributed by atoms with Crippen molar-refractivity contribution in [2.45, 2.75) is 38.6 Å². The molecule has 0 spiro atoms. The maximum atomic E-state index is 12.6. The first-order valence-electron chi connectivity index (χ1n) is 8.35. The largest absolute Gasteiger partial charge is 0.468 e. The number of ether oxygens (including phenoxy) is 1. The highest BCUT2D eigenvalue weighted by Crippen LogP contribution is 2.29. The zero-order chi connectivity index (χ0) is 18.6. The third-order valence-electron chi connectivity index (χ3n) is 4.53. The zero-order valence-electron chi connectivity index (χ0n) is 14.7. The van der Waals surface area contributed by atoms with Crippen LogP contribution < -0.4 is 4.72 Å². The van der Waals surface area contributed by atoms with E-state index in [9.17, 15) is 13.2 Å². The van der Waals surface area contributed by atoms with Crippen LogP contribution in [0.5, 0.6) is 0 Å². The number of nitrogens with zero attached hydrogens (tertiary/aromatic N) is 1. The Hall–Kier alpha value is -0.960. The van der Waals surface area contributed by atoms with Crippen molar-refractivity contribution in [1.82, 2.24) is 9.03 Å². The van der Waals surface area contributed by atoms with Crippen LogP contribution >= 0.6 is 15.9 Å². The molecule has 8 heteroatoms. The Labute approximate surface area is 158 Å². The molecule has 0 radical (unpaired) electrons. The van der Waals surface area contributed by atoms with Gasteiger partial charge in [0, 0.05) is 17.6 Å². The molecule has 1 saturated heterocycles. The summed E-state index contributed by atoms with van der Waals surface area (Å²) in [7, 11) is -2.46. The molecular weight excluding hydrogens is 408 g/mol. The summed E-state index contributed by atoms with van der Waals surface area (Å²) in [5, 5.41) is 0. The fraction of sp³-hybridized carbons (Fsp3) is 0.588. The van der Waals surface area contributed by atoms with Crippen LogP contribution in [0.4, 0.5) is 0 Å². The van der Waals surface area contributed by atoms with Gasteiger partial charge in [0.15, 0.2) is 0 Å². The Morgan fingerprint density at radius 1 is 1.24 bits per heavy atom. The molecule has 0 amide bonds. The number of carbonyl (C=O) groups excluding carboxylic acids is 1. The highest BCUT2D eigenvalue weighted by atomic mass is 79.9. The van der Waals surface area contributed by atoms with Gasteiger partial charge >= 0.3 is 5.97 Å². The van der Waals surface area contributed by atoms with E-state index in [1.54, 1.807) is 13.8 Å². The molecule has 6 nitrogen and oxygen atoms in total. The second-order valence-corrected chi connectivity index (χ2v) is 9.21. The average Bonchev–Trinajstić information content (AvgIpc) is 2.59. The molecule has 1 unspecified atom stereocenters. The van der Waals surface area contributed by atoms with Crippen LogP contribution in [-0.2, 0) is 19.7 Å². The molecular formula is C17H25BrN2O4S. The van der Waals surface area contributed by atoms with Crippen molar-refractivity contribution in [3.05, 3.63) is 34.3 Å². The van der Waals surface area contributed by atoms with Gasteiger partial charge in [-0.05, 0) is 42.4 Å². The quantitative estimate of drug-likeness (QED) is 0.700. The predicted octanol–water partition coefficient (Wildman–Crippen LogP) is 2.66. The van der Waals surface area contributed by atoms with Crippen LogP contribution in [-0.4, -0.2) is 44.9 Å². The van der Waals surface area contributed by atoms with E-state index in [1.165, 1.54) is 17.0 Å². The Kier molecular flexibility index (Phi) is 7.01. The van der Waals surface area contributed by atoms with Gasteiger partial charge < -0.3 is 4.74 Å². The number of benzene rings is 1. The Morgan fingerprint density at radius 2 is 1.80 bits per heavy atom. The smallest absolute Gasteiger partial charge is 0.324 e. The molecule has 25 heavy (non-hydrogen) atoms. The van der Waals surface area contributed by atoms with Crippen LogP contribution in [0.25, 0.3) is 0 Å². The van der Waals surface area contributed by atoms with Gasteiger partial charge in [0.1, 0.15) is 6.04 Å². The molecule has 1 aromatic carbocycles. The number of carbonyl (C=O) groups is 1. The lowest BCUT2D eigenvalue weighted by Crippen LogP contribution is -2.52. The van der Waals surface area contributed by atoms with Crippen molar-refractivity contribution < 1.29 is 17.9 Å². The molecule has 140 valence electrons. The van der Waals surface area contributed by atoms with Gasteiger partial charge in [-0.2, -0.15) is 17.4 Å². The lowest BCUT2D eigenvalue weighted by atomic mass is 9.90. The van der Waals surface area contributed by atoms with Crippen molar-refractivity contribution >= 4 is 32.1 Å². The minimum absolute atomic E-state index is 0.192. The van der Waals surface area contributed by atoms with Gasteiger partial charge in [-0.15, -0.1) is 0 Å². The maximum Gasteiger partial charge on any atom is 0.324 e. The molecule has 1 aromatic rings. The number of hydrogen-bond donors (Lipinski definition) is 1. The molecule has 1 aliphatic heterocycles. The van der Waals surface area contributed by atoms with E-state index >= 15 is 0 Å². The van der Waals surface area contributed by atoms with Gasteiger partial charge in [0.2, 0.25) is 0 Å². The maximum absolute atomic E-state index is 12.6. The van der Waals surface area contributed by atoms with Gasteiger partial charge in [-0.3, -0.25) is 4.79 Å². The SMILES string of the molecule is COC(=O)C(NS(=O)(=O)N1CCC(c2ccc(Br)cc2)CC1)C(C)C. The molecule has 1 atom stereocenters. The molecule has 0 bridgehead atoms. The van der Waals surface area contributed by atoms with Crippen molar-refractivity contribution in [1.29, 1.82) is 0 Å². The van der Waals surface area contributed by atoms with Crippen LogP contribution in [0.1, 0.15) is 38.2 Å². The lowest BCUT2D eigenvalue weighted by Gasteiger charge is -2.32. The highest BCUT2D eigenvalue weighted by Gasteiger charge is 2.34. The summed E-state index contributed by atoms with van der Waals surface area (Å²) < 4.78 is 34.9. The van der Waals surface area contributed by atoms with Crippen molar-refractivity contribution in [2.75, 3.05) is 20.2 Å². The van der Waals surface area contributed by atoms with E-state index in [-0.39, 0.29) is 5.92 Å². The first-order chi connectivity index (χ1) is 11.7. The third kappa shape index (κ3) is 5.26. The number of methoxy groups -OCH3 is 1. The number of piperidine rings is 1. The standard InChI is InChI=1S/C17H25BrN2O4S/c1-12(2)16(17(21)24-3)19-25(22,23)20-10-8-14(9-11-20)13-4-6-15(18)7-5-13/h4-7,12,14,16,19H,8-11H2,1-3H3. The van der Waals surface area contributed by atoms with Crippen LogP contribution in [0.15, 0.2) is 28.7 Å². The number of nitrogens with one attached hydrogen (secondary N) is 1. The summed E-state index contributed by atoms with van der Waals surface area (Å²) in [6.45, 7) is 4.43. The van der Waals surface area contributed by atoms with Crippen LogP contribution in [0.3, 0.4) is 0 Å². The summed E-state index contributed by atoms with van der Waals surface area (Å²) in [5.74, 6) is -0.410.